The molecule has 2 nitrogen and oxygen atoms in total. The molecule has 156 valence electrons. The molecule has 0 heterocycles. The maximum atomic E-state index is 10.3. The second-order valence-electron chi connectivity index (χ2n) is 9.18. The van der Waals surface area contributed by atoms with Gasteiger partial charge in [-0.25, -0.2) is 0 Å². The van der Waals surface area contributed by atoms with E-state index < -0.39 is 8.32 Å². The average molecular weight is 408 g/mol. The summed E-state index contributed by atoms with van der Waals surface area (Å²) in [5.74, 6) is -0.334. The molecule has 0 radical (unpaired) electrons. The van der Waals surface area contributed by atoms with Crippen LogP contribution in [0.3, 0.4) is 0 Å². The van der Waals surface area contributed by atoms with Crippen LogP contribution < -0.4 is 0 Å². The molecule has 3 heteroatoms. The fourth-order valence-electron chi connectivity index (χ4n) is 5.18. The monoisotopic (exact) mass is 407 g/mol. The highest BCUT2D eigenvalue weighted by atomic mass is 28.4. The molecule has 0 bridgehead atoms. The number of nitriles is 1. The lowest BCUT2D eigenvalue weighted by atomic mass is 9.86. The van der Waals surface area contributed by atoms with Crippen LogP contribution in [0.25, 0.3) is 0 Å². The highest BCUT2D eigenvalue weighted by Gasteiger charge is 2.48. The van der Waals surface area contributed by atoms with E-state index in [9.17, 15) is 5.26 Å². The summed E-state index contributed by atoms with van der Waals surface area (Å²) in [6, 6.07) is 19.1. The summed E-state index contributed by atoms with van der Waals surface area (Å²) in [5.41, 5.74) is 6.00. The van der Waals surface area contributed by atoms with E-state index in [0.717, 1.165) is 5.56 Å². The Balaban J connectivity index is 2.72. The quantitative estimate of drug-likeness (QED) is 0.417. The molecule has 0 aliphatic carbocycles. The van der Waals surface area contributed by atoms with Crippen molar-refractivity contribution in [2.75, 3.05) is 0 Å². The van der Waals surface area contributed by atoms with Crippen molar-refractivity contribution in [3.05, 3.63) is 70.8 Å². The minimum Gasteiger partial charge on any atom is -0.407 e. The van der Waals surface area contributed by atoms with Gasteiger partial charge in [-0.1, -0.05) is 90.1 Å². The van der Waals surface area contributed by atoms with Gasteiger partial charge in [0.1, 0.15) is 5.92 Å². The van der Waals surface area contributed by atoms with Crippen LogP contribution in [0.2, 0.25) is 16.6 Å². The summed E-state index contributed by atoms with van der Waals surface area (Å²) in [5, 5.41) is 10.3. The molecule has 0 spiro atoms. The molecule has 0 N–H and O–H groups in total. The fourth-order valence-corrected chi connectivity index (χ4v) is 10.7. The van der Waals surface area contributed by atoms with Crippen molar-refractivity contribution in [3.8, 4) is 6.07 Å². The summed E-state index contributed by atoms with van der Waals surface area (Å²) >= 11 is 0. The summed E-state index contributed by atoms with van der Waals surface area (Å²) in [7, 11) is -2.18. The molecule has 2 aromatic carbocycles. The first kappa shape index (κ1) is 23.4. The fraction of sp³-hybridized carbons (Fsp3) is 0.500. The standard InChI is InChI=1S/C26H37NOSi/c1-18(2)29(19(3)4,20(5)6)28-26(25-21(7)13-12-14-22(25)8)24(17-27)23-15-10-9-11-16-23/h9-16,18-20,24,26H,1-8H3. The SMILES string of the molecule is Cc1cccc(C)c1C(O[Si](C(C)C)(C(C)C)C(C)C)C(C#N)c1ccccc1. The largest absolute Gasteiger partial charge is 0.407 e. The number of rotatable bonds is 8. The van der Waals surface area contributed by atoms with E-state index in [-0.39, 0.29) is 12.0 Å². The van der Waals surface area contributed by atoms with Gasteiger partial charge < -0.3 is 4.43 Å². The number of hydrogen-bond acceptors (Lipinski definition) is 2. The van der Waals surface area contributed by atoms with Crippen molar-refractivity contribution in [2.24, 2.45) is 0 Å². The van der Waals surface area contributed by atoms with E-state index in [0.29, 0.717) is 16.6 Å². The highest BCUT2D eigenvalue weighted by molar-refractivity contribution is 6.77. The molecule has 29 heavy (non-hydrogen) atoms. The maximum absolute atomic E-state index is 10.3. The first-order valence-corrected chi connectivity index (χ1v) is 13.0. The van der Waals surface area contributed by atoms with Crippen LogP contribution in [0, 0.1) is 25.2 Å². The molecule has 2 atom stereocenters. The predicted octanol–water partition coefficient (Wildman–Crippen LogP) is 7.84. The van der Waals surface area contributed by atoms with Crippen LogP contribution >= 0.6 is 0 Å². The van der Waals surface area contributed by atoms with Crippen molar-refractivity contribution in [2.45, 2.75) is 84.0 Å². The predicted molar refractivity (Wildman–Crippen MR) is 126 cm³/mol. The zero-order valence-electron chi connectivity index (χ0n) is 19.4. The number of hydrogen-bond donors (Lipinski definition) is 0. The van der Waals surface area contributed by atoms with Gasteiger partial charge in [-0.15, -0.1) is 0 Å². The smallest absolute Gasteiger partial charge is 0.201 e. The topological polar surface area (TPSA) is 33.0 Å². The van der Waals surface area contributed by atoms with Gasteiger partial charge in [-0.2, -0.15) is 5.26 Å². The number of benzene rings is 2. The first-order chi connectivity index (χ1) is 13.7. The van der Waals surface area contributed by atoms with E-state index in [1.54, 1.807) is 0 Å². The molecular weight excluding hydrogens is 370 g/mol. The number of nitrogens with zero attached hydrogens (tertiary/aromatic N) is 1. The van der Waals surface area contributed by atoms with Gasteiger partial charge in [0.15, 0.2) is 0 Å². The third-order valence-corrected chi connectivity index (χ3v) is 12.5. The molecule has 0 saturated carbocycles. The Morgan fingerprint density at radius 2 is 1.24 bits per heavy atom. The van der Waals surface area contributed by atoms with Gasteiger partial charge in [0.25, 0.3) is 0 Å². The van der Waals surface area contributed by atoms with Crippen molar-refractivity contribution in [1.29, 1.82) is 5.26 Å². The van der Waals surface area contributed by atoms with Crippen molar-refractivity contribution < 1.29 is 4.43 Å². The molecule has 0 amide bonds. The third kappa shape index (κ3) is 4.65. The Hall–Kier alpha value is -1.89. The van der Waals surface area contributed by atoms with Crippen molar-refractivity contribution in [1.82, 2.24) is 0 Å². The molecule has 0 aliphatic rings. The maximum Gasteiger partial charge on any atom is 0.201 e. The van der Waals surface area contributed by atoms with Crippen LogP contribution in [-0.2, 0) is 4.43 Å². The van der Waals surface area contributed by atoms with Crippen molar-refractivity contribution >= 4 is 8.32 Å². The summed E-state index contributed by atoms with van der Waals surface area (Å²) in [6.07, 6.45) is -0.262. The van der Waals surface area contributed by atoms with Crippen LogP contribution in [0.1, 0.15) is 75.8 Å². The second-order valence-corrected chi connectivity index (χ2v) is 14.6. The molecule has 0 aromatic heterocycles. The third-order valence-electron chi connectivity index (χ3n) is 6.47. The Morgan fingerprint density at radius 1 is 0.759 bits per heavy atom. The molecule has 2 aromatic rings. The van der Waals surface area contributed by atoms with E-state index >= 15 is 0 Å². The van der Waals surface area contributed by atoms with Gasteiger partial charge in [0, 0.05) is 0 Å². The van der Waals surface area contributed by atoms with Gasteiger partial charge in [-0.05, 0) is 52.7 Å². The zero-order valence-corrected chi connectivity index (χ0v) is 20.4. The Bertz CT molecular complexity index is 794. The lowest BCUT2D eigenvalue weighted by Gasteiger charge is -2.46. The van der Waals surface area contributed by atoms with E-state index in [2.05, 4.69) is 91.8 Å². The van der Waals surface area contributed by atoms with Crippen LogP contribution in [0.5, 0.6) is 0 Å². The normalized spacial score (nSPS) is 14.3. The van der Waals surface area contributed by atoms with Gasteiger partial charge in [0.2, 0.25) is 8.32 Å². The summed E-state index contributed by atoms with van der Waals surface area (Å²) in [6.45, 7) is 18.1. The minimum absolute atomic E-state index is 0.262. The van der Waals surface area contributed by atoms with Crippen molar-refractivity contribution in [3.63, 3.8) is 0 Å². The van der Waals surface area contributed by atoms with Crippen LogP contribution in [0.15, 0.2) is 48.5 Å². The molecule has 0 fully saturated rings. The Labute approximate surface area is 179 Å². The molecular formula is C26H37NOSi. The highest BCUT2D eigenvalue weighted by Crippen LogP contribution is 2.48. The van der Waals surface area contributed by atoms with E-state index in [1.165, 1.54) is 16.7 Å². The Morgan fingerprint density at radius 3 is 1.66 bits per heavy atom. The van der Waals surface area contributed by atoms with E-state index in [4.69, 9.17) is 4.43 Å². The number of aryl methyl sites for hydroxylation is 2. The van der Waals surface area contributed by atoms with Gasteiger partial charge >= 0.3 is 0 Å². The summed E-state index contributed by atoms with van der Waals surface area (Å²) < 4.78 is 7.29. The molecule has 0 aliphatic heterocycles. The molecule has 2 rings (SSSR count). The lowest BCUT2D eigenvalue weighted by molar-refractivity contribution is 0.162. The minimum atomic E-state index is -2.18. The Kier molecular flexibility index (Phi) is 7.85. The molecule has 2 unspecified atom stereocenters. The first-order valence-electron chi connectivity index (χ1n) is 10.8. The summed E-state index contributed by atoms with van der Waals surface area (Å²) in [4.78, 5) is 0. The van der Waals surface area contributed by atoms with Crippen LogP contribution in [0.4, 0.5) is 0 Å². The average Bonchev–Trinajstić information content (AvgIpc) is 2.65. The van der Waals surface area contributed by atoms with Gasteiger partial charge in [-0.3, -0.25) is 0 Å². The lowest BCUT2D eigenvalue weighted by Crippen LogP contribution is -2.49. The second kappa shape index (κ2) is 9.74. The van der Waals surface area contributed by atoms with E-state index in [1.807, 2.05) is 18.2 Å². The van der Waals surface area contributed by atoms with Gasteiger partial charge in [0.05, 0.1) is 12.2 Å². The van der Waals surface area contributed by atoms with Crippen LogP contribution in [-0.4, -0.2) is 8.32 Å². The molecule has 0 saturated heterocycles. The zero-order chi connectivity index (χ0) is 21.8.